The van der Waals surface area contributed by atoms with Crippen LogP contribution in [0.2, 0.25) is 0 Å². The first-order valence-corrected chi connectivity index (χ1v) is 7.28. The number of rotatable bonds is 5. The lowest BCUT2D eigenvalue weighted by Gasteiger charge is -2.07. The van der Waals surface area contributed by atoms with Crippen LogP contribution in [0.25, 0.3) is 17.1 Å². The van der Waals surface area contributed by atoms with E-state index in [4.69, 9.17) is 10.4 Å². The number of hydrogen-bond acceptors (Lipinski definition) is 4. The number of aliphatic carboxylic acids is 1. The Balaban J connectivity index is 1.79. The lowest BCUT2D eigenvalue weighted by Crippen LogP contribution is -2.02. The van der Waals surface area contributed by atoms with E-state index < -0.39 is 5.97 Å². The quantitative estimate of drug-likeness (QED) is 0.627. The number of nitrogens with one attached hydrogen (secondary N) is 2. The number of nitriles is 1. The normalized spacial score (nSPS) is 10.8. The maximum absolute atomic E-state index is 10.7. The van der Waals surface area contributed by atoms with Crippen LogP contribution in [0, 0.1) is 11.3 Å². The molecule has 24 heavy (non-hydrogen) atoms. The summed E-state index contributed by atoms with van der Waals surface area (Å²) >= 11 is 0. The van der Waals surface area contributed by atoms with Crippen LogP contribution in [-0.4, -0.2) is 21.0 Å². The molecule has 2 aromatic carbocycles. The van der Waals surface area contributed by atoms with Crippen LogP contribution >= 0.6 is 0 Å². The predicted octanol–water partition coefficient (Wildman–Crippen LogP) is 3.14. The van der Waals surface area contributed by atoms with E-state index in [0.29, 0.717) is 12.1 Å². The van der Waals surface area contributed by atoms with E-state index in [9.17, 15) is 4.79 Å². The molecule has 3 N–H and O–H groups in total. The van der Waals surface area contributed by atoms with Crippen LogP contribution in [0.5, 0.6) is 0 Å². The van der Waals surface area contributed by atoms with Crippen molar-refractivity contribution in [3.05, 3.63) is 65.5 Å². The Morgan fingerprint density at radius 2 is 2.17 bits per heavy atom. The number of aromatic amines is 1. The van der Waals surface area contributed by atoms with Crippen molar-refractivity contribution >= 4 is 28.8 Å². The highest BCUT2D eigenvalue weighted by Gasteiger charge is 2.05. The lowest BCUT2D eigenvalue weighted by atomic mass is 10.1. The summed E-state index contributed by atoms with van der Waals surface area (Å²) in [6.07, 6.45) is 2.65. The van der Waals surface area contributed by atoms with E-state index in [1.807, 2.05) is 24.3 Å². The molecule has 1 heterocycles. The molecule has 0 amide bonds. The molecule has 0 radical (unpaired) electrons. The van der Waals surface area contributed by atoms with Gasteiger partial charge < -0.3 is 15.4 Å². The Hall–Kier alpha value is -3.59. The summed E-state index contributed by atoms with van der Waals surface area (Å²) < 4.78 is 0. The standard InChI is InChI=1S/C18H14N4O2/c19-10-12-5-7-15-16(9-12)22-17(21-15)11-20-14-4-2-1-3-13(14)6-8-18(23)24/h1-9,20H,11H2,(H,21,22)(H,23,24). The van der Waals surface area contributed by atoms with Crippen molar-refractivity contribution in [1.29, 1.82) is 5.26 Å². The maximum Gasteiger partial charge on any atom is 0.328 e. The van der Waals surface area contributed by atoms with Crippen molar-refractivity contribution in [3.8, 4) is 6.07 Å². The van der Waals surface area contributed by atoms with Gasteiger partial charge in [-0.25, -0.2) is 9.78 Å². The number of H-pyrrole nitrogens is 1. The zero-order valence-corrected chi connectivity index (χ0v) is 12.7. The highest BCUT2D eigenvalue weighted by atomic mass is 16.4. The molecule has 0 unspecified atom stereocenters. The van der Waals surface area contributed by atoms with Gasteiger partial charge in [0.15, 0.2) is 0 Å². The topological polar surface area (TPSA) is 102 Å². The van der Waals surface area contributed by atoms with Gasteiger partial charge in [0.25, 0.3) is 0 Å². The fourth-order valence-electron chi connectivity index (χ4n) is 2.36. The zero-order valence-electron chi connectivity index (χ0n) is 12.7. The number of nitrogens with zero attached hydrogens (tertiary/aromatic N) is 2. The first kappa shape index (κ1) is 15.3. The molecule has 0 bridgehead atoms. The molecule has 6 heteroatoms. The molecule has 3 aromatic rings. The average molecular weight is 318 g/mol. The zero-order chi connectivity index (χ0) is 16.9. The molecule has 0 aliphatic heterocycles. The number of fused-ring (bicyclic) bond motifs is 1. The van der Waals surface area contributed by atoms with Gasteiger partial charge in [0.2, 0.25) is 0 Å². The molecule has 0 atom stereocenters. The van der Waals surface area contributed by atoms with Gasteiger partial charge >= 0.3 is 5.97 Å². The minimum atomic E-state index is -0.990. The lowest BCUT2D eigenvalue weighted by molar-refractivity contribution is -0.131. The fraction of sp³-hybridized carbons (Fsp3) is 0.0556. The van der Waals surface area contributed by atoms with E-state index in [2.05, 4.69) is 21.4 Å². The van der Waals surface area contributed by atoms with Crippen molar-refractivity contribution < 1.29 is 9.90 Å². The Morgan fingerprint density at radius 1 is 1.33 bits per heavy atom. The Bertz CT molecular complexity index is 967. The smallest absolute Gasteiger partial charge is 0.328 e. The van der Waals surface area contributed by atoms with Crippen LogP contribution in [0.4, 0.5) is 5.69 Å². The second kappa shape index (κ2) is 6.67. The Kier molecular flexibility index (Phi) is 4.25. The first-order chi connectivity index (χ1) is 11.7. The summed E-state index contributed by atoms with van der Waals surface area (Å²) in [5.74, 6) is -0.257. The van der Waals surface area contributed by atoms with Gasteiger partial charge in [-0.15, -0.1) is 0 Å². The summed E-state index contributed by atoms with van der Waals surface area (Å²) in [7, 11) is 0. The van der Waals surface area contributed by atoms with Gasteiger partial charge in [-0.2, -0.15) is 5.26 Å². The number of benzene rings is 2. The molecule has 0 spiro atoms. The van der Waals surface area contributed by atoms with Crippen LogP contribution < -0.4 is 5.32 Å². The van der Waals surface area contributed by atoms with Crippen LogP contribution in [-0.2, 0) is 11.3 Å². The third kappa shape index (κ3) is 3.42. The number of imidazole rings is 1. The van der Waals surface area contributed by atoms with Gasteiger partial charge in [0.05, 0.1) is 29.2 Å². The molecular formula is C18H14N4O2. The summed E-state index contributed by atoms with van der Waals surface area (Å²) in [6.45, 7) is 0.453. The summed E-state index contributed by atoms with van der Waals surface area (Å²) in [4.78, 5) is 18.3. The number of anilines is 1. The fourth-order valence-corrected chi connectivity index (χ4v) is 2.36. The van der Waals surface area contributed by atoms with Gasteiger partial charge in [0, 0.05) is 11.8 Å². The van der Waals surface area contributed by atoms with Gasteiger partial charge in [-0.3, -0.25) is 0 Å². The van der Waals surface area contributed by atoms with Crippen LogP contribution in [0.15, 0.2) is 48.5 Å². The van der Waals surface area contributed by atoms with Crippen molar-refractivity contribution in [2.24, 2.45) is 0 Å². The van der Waals surface area contributed by atoms with E-state index in [1.54, 1.807) is 24.3 Å². The second-order valence-electron chi connectivity index (χ2n) is 5.14. The summed E-state index contributed by atoms with van der Waals surface area (Å²) in [6, 6.07) is 14.8. The maximum atomic E-state index is 10.7. The number of carboxylic acids is 1. The molecule has 0 aliphatic rings. The summed E-state index contributed by atoms with van der Waals surface area (Å²) in [5, 5.41) is 20.9. The number of aromatic nitrogens is 2. The molecule has 3 rings (SSSR count). The van der Waals surface area contributed by atoms with E-state index >= 15 is 0 Å². The largest absolute Gasteiger partial charge is 0.478 e. The number of para-hydroxylation sites is 1. The average Bonchev–Trinajstić information content (AvgIpc) is 3.00. The van der Waals surface area contributed by atoms with E-state index in [1.165, 1.54) is 0 Å². The minimum Gasteiger partial charge on any atom is -0.478 e. The minimum absolute atomic E-state index is 0.453. The molecule has 118 valence electrons. The van der Waals surface area contributed by atoms with Gasteiger partial charge in [-0.1, -0.05) is 18.2 Å². The molecule has 0 saturated carbocycles. The molecule has 0 fully saturated rings. The number of carboxylic acid groups (broad SMARTS) is 1. The highest BCUT2D eigenvalue weighted by Crippen LogP contribution is 2.18. The van der Waals surface area contributed by atoms with E-state index in [-0.39, 0.29) is 0 Å². The number of carbonyl (C=O) groups is 1. The Labute approximate surface area is 138 Å². The van der Waals surface area contributed by atoms with Gasteiger partial charge in [0.1, 0.15) is 5.82 Å². The Morgan fingerprint density at radius 3 is 2.96 bits per heavy atom. The van der Waals surface area contributed by atoms with Crippen LogP contribution in [0.1, 0.15) is 17.0 Å². The third-order valence-electron chi connectivity index (χ3n) is 3.47. The summed E-state index contributed by atoms with van der Waals surface area (Å²) in [5.41, 5.74) is 3.78. The van der Waals surface area contributed by atoms with Crippen molar-refractivity contribution in [3.63, 3.8) is 0 Å². The van der Waals surface area contributed by atoms with Crippen molar-refractivity contribution in [2.45, 2.75) is 6.54 Å². The molecule has 1 aromatic heterocycles. The monoisotopic (exact) mass is 318 g/mol. The molecule has 6 nitrogen and oxygen atoms in total. The molecular weight excluding hydrogens is 304 g/mol. The SMILES string of the molecule is N#Cc1ccc2nc(CNc3ccccc3C=CC(=O)O)[nH]c2c1. The second-order valence-corrected chi connectivity index (χ2v) is 5.14. The highest BCUT2D eigenvalue weighted by molar-refractivity contribution is 5.86. The first-order valence-electron chi connectivity index (χ1n) is 7.28. The third-order valence-corrected chi connectivity index (χ3v) is 3.47. The van der Waals surface area contributed by atoms with Crippen molar-refractivity contribution in [1.82, 2.24) is 9.97 Å². The molecule has 0 saturated heterocycles. The van der Waals surface area contributed by atoms with Crippen molar-refractivity contribution in [2.75, 3.05) is 5.32 Å². The van der Waals surface area contributed by atoms with Crippen LogP contribution in [0.3, 0.4) is 0 Å². The molecule has 0 aliphatic carbocycles. The van der Waals surface area contributed by atoms with Gasteiger partial charge in [-0.05, 0) is 35.9 Å². The van der Waals surface area contributed by atoms with E-state index in [0.717, 1.165) is 34.2 Å². The number of hydrogen-bond donors (Lipinski definition) is 3. The predicted molar refractivity (Wildman–Crippen MR) is 91.2 cm³/mol.